The van der Waals surface area contributed by atoms with Gasteiger partial charge in [-0.05, 0) is 75.4 Å². The van der Waals surface area contributed by atoms with E-state index >= 15 is 0 Å². The predicted molar refractivity (Wildman–Crippen MR) is 93.9 cm³/mol. The van der Waals surface area contributed by atoms with Gasteiger partial charge in [-0.3, -0.25) is 0 Å². The van der Waals surface area contributed by atoms with Gasteiger partial charge in [-0.25, -0.2) is 0 Å². The maximum Gasteiger partial charge on any atom is 0.0486 e. The van der Waals surface area contributed by atoms with Crippen molar-refractivity contribution in [1.29, 1.82) is 0 Å². The molecule has 0 atom stereocenters. The Hall–Kier alpha value is -0.990. The van der Waals surface area contributed by atoms with Crippen LogP contribution in [0.3, 0.4) is 0 Å². The minimum absolute atomic E-state index is 0.869. The van der Waals surface area contributed by atoms with Crippen molar-refractivity contribution >= 4 is 22.5 Å². The van der Waals surface area contributed by atoms with Crippen LogP contribution in [-0.2, 0) is 19.4 Å². The van der Waals surface area contributed by atoms with Crippen molar-refractivity contribution in [3.63, 3.8) is 0 Å². The van der Waals surface area contributed by atoms with Crippen LogP contribution in [0.25, 0.3) is 10.9 Å². The number of hydrogen-bond acceptors (Lipinski definition) is 1. The first-order chi connectivity index (χ1) is 10.8. The zero-order valence-corrected chi connectivity index (χ0v) is 14.0. The standard InChI is InChI=1S/C19H25ClN2/c20-15-8-9-19-17(14-15)16-6-2-3-7-18(16)22(19)13-12-21-10-4-1-5-11-21/h8-9,14H,1-7,10-13H2. The zero-order valence-electron chi connectivity index (χ0n) is 13.3. The van der Waals surface area contributed by atoms with Crippen molar-refractivity contribution in [2.45, 2.75) is 51.5 Å². The van der Waals surface area contributed by atoms with Crippen molar-refractivity contribution in [2.75, 3.05) is 19.6 Å². The van der Waals surface area contributed by atoms with Crippen molar-refractivity contribution in [2.24, 2.45) is 0 Å². The largest absolute Gasteiger partial charge is 0.343 e. The quantitative estimate of drug-likeness (QED) is 0.799. The Morgan fingerprint density at radius 3 is 2.59 bits per heavy atom. The molecule has 1 fully saturated rings. The van der Waals surface area contributed by atoms with Crippen LogP contribution in [0.5, 0.6) is 0 Å². The van der Waals surface area contributed by atoms with Gasteiger partial charge in [0.25, 0.3) is 0 Å². The van der Waals surface area contributed by atoms with Crippen LogP contribution in [0.1, 0.15) is 43.4 Å². The highest BCUT2D eigenvalue weighted by Gasteiger charge is 2.20. The van der Waals surface area contributed by atoms with E-state index in [2.05, 4.69) is 21.6 Å². The van der Waals surface area contributed by atoms with Gasteiger partial charge in [0.1, 0.15) is 0 Å². The molecule has 0 N–H and O–H groups in total. The highest BCUT2D eigenvalue weighted by Crippen LogP contribution is 2.33. The molecule has 0 unspecified atom stereocenters. The summed E-state index contributed by atoms with van der Waals surface area (Å²) in [7, 11) is 0. The Morgan fingerprint density at radius 1 is 0.909 bits per heavy atom. The van der Waals surface area contributed by atoms with Crippen molar-refractivity contribution in [3.8, 4) is 0 Å². The maximum absolute atomic E-state index is 6.25. The van der Waals surface area contributed by atoms with Crippen LogP contribution in [-0.4, -0.2) is 29.1 Å². The normalized spacial score (nSPS) is 19.5. The van der Waals surface area contributed by atoms with Gasteiger partial charge in [-0.2, -0.15) is 0 Å². The molecule has 2 heterocycles. The van der Waals surface area contributed by atoms with Gasteiger partial charge in [0.2, 0.25) is 0 Å². The third kappa shape index (κ3) is 2.68. The third-order valence-corrected chi connectivity index (χ3v) is 5.66. The first-order valence-electron chi connectivity index (χ1n) is 8.85. The third-order valence-electron chi connectivity index (χ3n) is 5.43. The van der Waals surface area contributed by atoms with E-state index in [0.29, 0.717) is 0 Å². The van der Waals surface area contributed by atoms with Gasteiger partial charge in [-0.1, -0.05) is 18.0 Å². The van der Waals surface area contributed by atoms with Gasteiger partial charge in [0.15, 0.2) is 0 Å². The lowest BCUT2D eigenvalue weighted by Gasteiger charge is -2.27. The van der Waals surface area contributed by atoms with E-state index in [9.17, 15) is 0 Å². The topological polar surface area (TPSA) is 8.17 Å². The molecule has 0 amide bonds. The summed E-state index contributed by atoms with van der Waals surface area (Å²) in [5.74, 6) is 0. The highest BCUT2D eigenvalue weighted by atomic mass is 35.5. The molecule has 1 aliphatic heterocycles. The van der Waals surface area contributed by atoms with Crippen LogP contribution < -0.4 is 0 Å². The number of rotatable bonds is 3. The fourth-order valence-electron chi connectivity index (χ4n) is 4.29. The van der Waals surface area contributed by atoms with Gasteiger partial charge in [0.05, 0.1) is 0 Å². The molecule has 118 valence electrons. The summed E-state index contributed by atoms with van der Waals surface area (Å²) in [5.41, 5.74) is 4.55. The molecule has 3 heteroatoms. The lowest BCUT2D eigenvalue weighted by molar-refractivity contribution is 0.221. The second-order valence-corrected chi connectivity index (χ2v) is 7.28. The lowest BCUT2D eigenvalue weighted by Crippen LogP contribution is -2.32. The molecule has 1 aliphatic carbocycles. The molecule has 0 saturated carbocycles. The molecule has 22 heavy (non-hydrogen) atoms. The Labute approximate surface area is 138 Å². The number of hydrogen-bond donors (Lipinski definition) is 0. The molecule has 1 aromatic carbocycles. The number of piperidine rings is 1. The lowest BCUT2D eigenvalue weighted by atomic mass is 9.95. The van der Waals surface area contributed by atoms with E-state index in [4.69, 9.17) is 11.6 Å². The molecule has 1 aromatic heterocycles. The molecule has 0 bridgehead atoms. The van der Waals surface area contributed by atoms with Gasteiger partial charge in [-0.15, -0.1) is 0 Å². The van der Waals surface area contributed by atoms with Gasteiger partial charge in [0, 0.05) is 34.7 Å². The summed E-state index contributed by atoms with van der Waals surface area (Å²) in [5, 5.41) is 2.27. The molecular weight excluding hydrogens is 292 g/mol. The van der Waals surface area contributed by atoms with E-state index < -0.39 is 0 Å². The van der Waals surface area contributed by atoms with Crippen LogP contribution in [0, 0.1) is 0 Å². The second-order valence-electron chi connectivity index (χ2n) is 6.85. The Morgan fingerprint density at radius 2 is 1.73 bits per heavy atom. The molecule has 2 aromatic rings. The molecule has 1 saturated heterocycles. The number of aromatic nitrogens is 1. The molecule has 0 radical (unpaired) electrons. The number of nitrogens with zero attached hydrogens (tertiary/aromatic N) is 2. The minimum atomic E-state index is 0.869. The molecule has 2 nitrogen and oxygen atoms in total. The van der Waals surface area contributed by atoms with Crippen LogP contribution in [0.4, 0.5) is 0 Å². The van der Waals surface area contributed by atoms with E-state index in [1.54, 1.807) is 11.3 Å². The predicted octanol–water partition coefficient (Wildman–Crippen LogP) is 4.66. The zero-order chi connectivity index (χ0) is 14.9. The first kappa shape index (κ1) is 14.6. The fourth-order valence-corrected chi connectivity index (χ4v) is 4.46. The number of benzene rings is 1. The summed E-state index contributed by atoms with van der Waals surface area (Å²) in [6, 6.07) is 6.46. The van der Waals surface area contributed by atoms with Crippen molar-refractivity contribution in [1.82, 2.24) is 9.47 Å². The Bertz CT molecular complexity index is 668. The molecule has 4 rings (SSSR count). The maximum atomic E-state index is 6.25. The number of fused-ring (bicyclic) bond motifs is 3. The van der Waals surface area contributed by atoms with Crippen molar-refractivity contribution < 1.29 is 0 Å². The summed E-state index contributed by atoms with van der Waals surface area (Å²) in [6.45, 7) is 4.90. The average Bonchev–Trinajstić information content (AvgIpc) is 2.87. The number of halogens is 1. The van der Waals surface area contributed by atoms with Gasteiger partial charge < -0.3 is 9.47 Å². The summed E-state index contributed by atoms with van der Waals surface area (Å²) in [4.78, 5) is 2.64. The molecule has 2 aliphatic rings. The first-order valence-corrected chi connectivity index (χ1v) is 9.22. The Kier molecular flexibility index (Phi) is 4.15. The smallest absolute Gasteiger partial charge is 0.0486 e. The van der Waals surface area contributed by atoms with E-state index in [1.807, 2.05) is 6.07 Å². The number of likely N-dealkylation sites (tertiary alicyclic amines) is 1. The molecular formula is C19H25ClN2. The van der Waals surface area contributed by atoms with E-state index in [0.717, 1.165) is 11.6 Å². The molecule has 0 spiro atoms. The van der Waals surface area contributed by atoms with Crippen LogP contribution >= 0.6 is 11.6 Å². The summed E-state index contributed by atoms with van der Waals surface area (Å²) in [6.07, 6.45) is 9.28. The van der Waals surface area contributed by atoms with Gasteiger partial charge >= 0.3 is 0 Å². The van der Waals surface area contributed by atoms with E-state index in [1.165, 1.54) is 75.5 Å². The summed E-state index contributed by atoms with van der Waals surface area (Å²) >= 11 is 6.25. The SMILES string of the molecule is Clc1ccc2c(c1)c1c(n2CCN2CCCCC2)CCCC1. The Balaban J connectivity index is 1.66. The monoisotopic (exact) mass is 316 g/mol. The highest BCUT2D eigenvalue weighted by molar-refractivity contribution is 6.31. The second kappa shape index (κ2) is 6.25. The number of aryl methyl sites for hydroxylation is 1. The minimum Gasteiger partial charge on any atom is -0.343 e. The summed E-state index contributed by atoms with van der Waals surface area (Å²) < 4.78 is 2.59. The van der Waals surface area contributed by atoms with Crippen molar-refractivity contribution in [3.05, 3.63) is 34.5 Å². The average molecular weight is 317 g/mol. The van der Waals surface area contributed by atoms with Crippen LogP contribution in [0.2, 0.25) is 5.02 Å². The van der Waals surface area contributed by atoms with E-state index in [-0.39, 0.29) is 0 Å². The fraction of sp³-hybridized carbons (Fsp3) is 0.579. The van der Waals surface area contributed by atoms with Crippen LogP contribution in [0.15, 0.2) is 18.2 Å².